The van der Waals surface area contributed by atoms with Crippen molar-refractivity contribution in [3.05, 3.63) is 101 Å². The Balaban J connectivity index is 1.54. The van der Waals surface area contributed by atoms with Crippen molar-refractivity contribution in [2.24, 2.45) is 0 Å². The molecule has 1 saturated heterocycles. The van der Waals surface area contributed by atoms with E-state index in [-0.39, 0.29) is 41.1 Å². The molecule has 0 saturated carbocycles. The molecule has 2 aliphatic heterocycles. The largest absolute Gasteiger partial charge is 0.339 e. The second kappa shape index (κ2) is 12.3. The number of aryl methyl sites for hydroxylation is 1. The number of anilines is 1. The van der Waals surface area contributed by atoms with E-state index in [1.54, 1.807) is 31.5 Å². The van der Waals surface area contributed by atoms with Gasteiger partial charge in [-0.25, -0.2) is 9.07 Å². The molecule has 0 bridgehead atoms. The molecular weight excluding hydrogens is 577 g/mol. The Labute approximate surface area is 260 Å². The van der Waals surface area contributed by atoms with Crippen molar-refractivity contribution in [2.75, 3.05) is 43.4 Å². The number of piperazine rings is 1. The number of rotatable bonds is 5. The number of fused-ring (bicyclic) bond motifs is 1. The van der Waals surface area contributed by atoms with Gasteiger partial charge in [0.2, 0.25) is 17.7 Å². The molecule has 0 radical (unpaired) electrons. The van der Waals surface area contributed by atoms with Crippen LogP contribution in [0.15, 0.2) is 72.8 Å². The highest BCUT2D eigenvalue weighted by Gasteiger charge is 2.38. The van der Waals surface area contributed by atoms with Gasteiger partial charge in [0.15, 0.2) is 0 Å². The van der Waals surface area contributed by atoms with E-state index in [9.17, 15) is 18.8 Å². The third-order valence-corrected chi connectivity index (χ3v) is 9.74. The van der Waals surface area contributed by atoms with Gasteiger partial charge in [-0.15, -0.1) is 11.8 Å². The number of hydrogen-bond donors (Lipinski definition) is 0. The van der Waals surface area contributed by atoms with Crippen LogP contribution < -0.4 is 4.90 Å². The molecule has 3 heterocycles. The maximum atomic E-state index is 14.0. The molecule has 0 aliphatic carbocycles. The van der Waals surface area contributed by atoms with Crippen LogP contribution in [0.25, 0.3) is 16.9 Å². The lowest BCUT2D eigenvalue weighted by Gasteiger charge is -2.35. The Morgan fingerprint density at radius 1 is 0.909 bits per heavy atom. The molecule has 2 aliphatic rings. The van der Waals surface area contributed by atoms with Gasteiger partial charge in [0, 0.05) is 44.2 Å². The minimum Gasteiger partial charge on any atom is -0.339 e. The van der Waals surface area contributed by atoms with Gasteiger partial charge < -0.3 is 9.80 Å². The summed E-state index contributed by atoms with van der Waals surface area (Å²) in [6.07, 6.45) is 0. The van der Waals surface area contributed by atoms with E-state index in [2.05, 4.69) is 0 Å². The Bertz CT molecular complexity index is 1710. The fourth-order valence-corrected chi connectivity index (χ4v) is 7.07. The molecule has 0 N–H and O–H groups in total. The summed E-state index contributed by atoms with van der Waals surface area (Å²) in [6.45, 7) is 7.16. The number of nitrogens with zero attached hydrogens (tertiary/aromatic N) is 5. The van der Waals surface area contributed by atoms with Crippen molar-refractivity contribution < 1.29 is 18.8 Å². The first kappa shape index (κ1) is 29.6. The zero-order valence-corrected chi connectivity index (χ0v) is 25.8. The number of carbonyl (C=O) groups excluding carboxylic acids is 3. The van der Waals surface area contributed by atoms with Crippen molar-refractivity contribution in [1.29, 1.82) is 0 Å². The second-order valence-corrected chi connectivity index (χ2v) is 12.3. The zero-order valence-electron chi connectivity index (χ0n) is 25.0. The number of amides is 3. The summed E-state index contributed by atoms with van der Waals surface area (Å²) in [6, 6.07) is 22.1. The van der Waals surface area contributed by atoms with Crippen LogP contribution in [-0.4, -0.2) is 75.8 Å². The molecule has 0 unspecified atom stereocenters. The zero-order chi connectivity index (χ0) is 31.0. The lowest BCUT2D eigenvalue weighted by atomic mass is 9.99. The molecule has 1 atom stereocenters. The highest BCUT2D eigenvalue weighted by Crippen LogP contribution is 2.48. The maximum absolute atomic E-state index is 14.0. The van der Waals surface area contributed by atoms with Crippen LogP contribution in [0.2, 0.25) is 0 Å². The normalized spacial score (nSPS) is 17.0. The topological polar surface area (TPSA) is 78.8 Å². The van der Waals surface area contributed by atoms with Gasteiger partial charge in [0.05, 0.1) is 22.4 Å². The summed E-state index contributed by atoms with van der Waals surface area (Å²) in [5.41, 5.74) is 6.11. The number of aromatic nitrogens is 2. The van der Waals surface area contributed by atoms with Crippen molar-refractivity contribution in [2.45, 2.75) is 26.0 Å². The number of thioether (sulfide) groups is 1. The number of carbonyl (C=O) groups is 3. The van der Waals surface area contributed by atoms with E-state index < -0.39 is 0 Å². The van der Waals surface area contributed by atoms with E-state index in [0.717, 1.165) is 33.5 Å². The SMILES string of the molecule is CC(=O)N1CCN(C(=O)CN2C(=O)CS[C@H](c3ccc(F)cc3)c3c(-c4ccccc4)nn(-c4cccc(C)c4C)c32)CC1. The smallest absolute Gasteiger partial charge is 0.242 e. The van der Waals surface area contributed by atoms with Gasteiger partial charge in [-0.3, -0.25) is 19.3 Å². The third kappa shape index (κ3) is 5.61. The van der Waals surface area contributed by atoms with Crippen LogP contribution in [0.3, 0.4) is 0 Å². The van der Waals surface area contributed by atoms with E-state index >= 15 is 0 Å². The van der Waals surface area contributed by atoms with Crippen molar-refractivity contribution in [1.82, 2.24) is 19.6 Å². The molecule has 1 aromatic heterocycles. The average Bonchev–Trinajstić information content (AvgIpc) is 3.35. The Hall–Kier alpha value is -4.44. The first-order chi connectivity index (χ1) is 21.2. The Morgan fingerprint density at radius 3 is 2.27 bits per heavy atom. The molecule has 10 heteroatoms. The molecule has 1 fully saturated rings. The van der Waals surface area contributed by atoms with Crippen LogP contribution in [0, 0.1) is 19.7 Å². The lowest BCUT2D eigenvalue weighted by Crippen LogP contribution is -2.53. The van der Waals surface area contributed by atoms with Crippen molar-refractivity contribution in [3.8, 4) is 16.9 Å². The number of halogens is 1. The highest BCUT2D eigenvalue weighted by atomic mass is 32.2. The predicted molar refractivity (Wildman–Crippen MR) is 170 cm³/mol. The minimum atomic E-state index is -0.345. The van der Waals surface area contributed by atoms with Crippen LogP contribution >= 0.6 is 11.8 Å². The maximum Gasteiger partial charge on any atom is 0.242 e. The van der Waals surface area contributed by atoms with Gasteiger partial charge in [-0.1, -0.05) is 54.6 Å². The Morgan fingerprint density at radius 2 is 1.59 bits per heavy atom. The summed E-state index contributed by atoms with van der Waals surface area (Å²) < 4.78 is 15.9. The highest BCUT2D eigenvalue weighted by molar-refractivity contribution is 8.00. The van der Waals surface area contributed by atoms with Gasteiger partial charge in [-0.05, 0) is 48.7 Å². The summed E-state index contributed by atoms with van der Waals surface area (Å²) in [5.74, 6) is -0.0781. The Kier molecular flexibility index (Phi) is 8.27. The van der Waals surface area contributed by atoms with Gasteiger partial charge in [-0.2, -0.15) is 5.10 Å². The molecule has 8 nitrogen and oxygen atoms in total. The molecule has 0 spiro atoms. The predicted octanol–water partition coefficient (Wildman–Crippen LogP) is 5.16. The average molecular weight is 612 g/mol. The fourth-order valence-electron chi connectivity index (χ4n) is 5.87. The summed E-state index contributed by atoms with van der Waals surface area (Å²) >= 11 is 1.45. The summed E-state index contributed by atoms with van der Waals surface area (Å²) in [7, 11) is 0. The second-order valence-electron chi connectivity index (χ2n) is 11.2. The van der Waals surface area contributed by atoms with Gasteiger partial charge in [0.25, 0.3) is 0 Å². The molecule has 44 heavy (non-hydrogen) atoms. The summed E-state index contributed by atoms with van der Waals surface area (Å²) in [5, 5.41) is 4.82. The van der Waals surface area contributed by atoms with E-state index in [0.29, 0.717) is 37.7 Å². The number of hydrogen-bond acceptors (Lipinski definition) is 5. The van der Waals surface area contributed by atoms with Crippen LogP contribution in [-0.2, 0) is 14.4 Å². The van der Waals surface area contributed by atoms with Crippen molar-refractivity contribution >= 4 is 35.3 Å². The molecule has 3 aromatic carbocycles. The van der Waals surface area contributed by atoms with E-state index in [1.165, 1.54) is 30.8 Å². The molecule has 4 aromatic rings. The molecule has 6 rings (SSSR count). The van der Waals surface area contributed by atoms with Gasteiger partial charge in [0.1, 0.15) is 18.2 Å². The summed E-state index contributed by atoms with van der Waals surface area (Å²) in [4.78, 5) is 44.7. The van der Waals surface area contributed by atoms with E-state index in [1.807, 2.05) is 62.4 Å². The molecule has 226 valence electrons. The lowest BCUT2D eigenvalue weighted by molar-refractivity contribution is -0.137. The first-order valence-electron chi connectivity index (χ1n) is 14.7. The van der Waals surface area contributed by atoms with Crippen LogP contribution in [0.4, 0.5) is 10.2 Å². The fraction of sp³-hybridized carbons (Fsp3) is 0.294. The van der Waals surface area contributed by atoms with Gasteiger partial charge >= 0.3 is 0 Å². The van der Waals surface area contributed by atoms with Crippen LogP contribution in [0.5, 0.6) is 0 Å². The molecular formula is C34H34FN5O3S. The monoisotopic (exact) mass is 611 g/mol. The van der Waals surface area contributed by atoms with E-state index in [4.69, 9.17) is 5.10 Å². The minimum absolute atomic E-state index is 0.0147. The standard InChI is InChI=1S/C34H34FN5O3S/c1-22-8-7-11-28(23(22)2)40-34-31(32(36-40)25-9-5-4-6-10-25)33(26-12-14-27(35)15-13-26)44-21-30(43)39(34)20-29(42)38-18-16-37(17-19-38)24(3)41/h4-15,33H,16-21H2,1-3H3/t33-/m1/s1. The molecule has 3 amide bonds. The first-order valence-corrected chi connectivity index (χ1v) is 15.7. The van der Waals surface area contributed by atoms with Crippen LogP contribution in [0.1, 0.15) is 34.4 Å². The number of benzene rings is 3. The quantitative estimate of drug-likeness (QED) is 0.312. The third-order valence-electron chi connectivity index (χ3n) is 8.48. The van der Waals surface area contributed by atoms with Crippen molar-refractivity contribution in [3.63, 3.8) is 0 Å².